The van der Waals surface area contributed by atoms with Crippen molar-refractivity contribution in [1.82, 2.24) is 0 Å². The number of hydrogen-bond acceptors (Lipinski definition) is 6. The predicted molar refractivity (Wildman–Crippen MR) is 67.9 cm³/mol. The van der Waals surface area contributed by atoms with E-state index in [0.717, 1.165) is 0 Å². The summed E-state index contributed by atoms with van der Waals surface area (Å²) in [5, 5.41) is 10.7. The Balaban J connectivity index is 2.20. The molecule has 0 spiro atoms. The third kappa shape index (κ3) is 1.91. The zero-order valence-corrected chi connectivity index (χ0v) is 11.8. The van der Waals surface area contributed by atoms with Crippen molar-refractivity contribution < 1.29 is 24.1 Å². The summed E-state index contributed by atoms with van der Waals surface area (Å²) in [6.45, 7) is 5.86. The average Bonchev–Trinajstić information content (AvgIpc) is 2.82. The molecule has 2 heterocycles. The van der Waals surface area contributed by atoms with Crippen molar-refractivity contribution in [2.45, 2.75) is 49.4 Å². The van der Waals surface area contributed by atoms with Gasteiger partial charge < -0.3 is 19.3 Å². The minimum Gasteiger partial charge on any atom is -0.382 e. The second-order valence-electron chi connectivity index (χ2n) is 5.03. The van der Waals surface area contributed by atoms with Crippen LogP contribution in [0.5, 0.6) is 0 Å². The third-order valence-corrected chi connectivity index (χ3v) is 4.64. The van der Waals surface area contributed by atoms with E-state index >= 15 is 0 Å². The van der Waals surface area contributed by atoms with E-state index in [9.17, 15) is 9.90 Å². The lowest BCUT2D eigenvalue weighted by atomic mass is 9.87. The first-order valence-electron chi connectivity index (χ1n) is 6.17. The van der Waals surface area contributed by atoms with Crippen molar-refractivity contribution in [2.75, 3.05) is 19.8 Å². The second kappa shape index (κ2) is 4.76. The molecule has 0 aromatic rings. The van der Waals surface area contributed by atoms with Crippen LogP contribution in [0.25, 0.3) is 0 Å². The number of fused-ring (bicyclic) bond motifs is 1. The van der Waals surface area contributed by atoms with Crippen LogP contribution in [0.15, 0.2) is 0 Å². The van der Waals surface area contributed by atoms with Crippen LogP contribution >= 0.6 is 12.6 Å². The highest BCUT2D eigenvalue weighted by atomic mass is 32.1. The molecular formula is C12H20O5S. The Kier molecular flexibility index (Phi) is 3.77. The van der Waals surface area contributed by atoms with Crippen LogP contribution in [0, 0.1) is 0 Å². The van der Waals surface area contributed by atoms with Gasteiger partial charge in [0.2, 0.25) is 0 Å². The third-order valence-electron chi connectivity index (χ3n) is 3.95. The summed E-state index contributed by atoms with van der Waals surface area (Å²) >= 11 is 4.40. The molecule has 0 aliphatic carbocycles. The molecule has 2 aliphatic rings. The molecule has 18 heavy (non-hydrogen) atoms. The monoisotopic (exact) mass is 276 g/mol. The van der Waals surface area contributed by atoms with Gasteiger partial charge in [-0.15, -0.1) is 0 Å². The lowest BCUT2D eigenvalue weighted by Gasteiger charge is -2.32. The summed E-state index contributed by atoms with van der Waals surface area (Å²) in [7, 11) is 0. The maximum Gasteiger partial charge on any atom is 0.150 e. The van der Waals surface area contributed by atoms with E-state index in [1.165, 1.54) is 6.92 Å². The fraction of sp³-hybridized carbons (Fsp3) is 0.917. The van der Waals surface area contributed by atoms with Crippen molar-refractivity contribution in [3.63, 3.8) is 0 Å². The molecule has 2 fully saturated rings. The Morgan fingerprint density at radius 3 is 2.67 bits per heavy atom. The van der Waals surface area contributed by atoms with Gasteiger partial charge in [0, 0.05) is 6.61 Å². The highest BCUT2D eigenvalue weighted by Gasteiger charge is 2.64. The van der Waals surface area contributed by atoms with Crippen LogP contribution < -0.4 is 0 Å². The Morgan fingerprint density at radius 1 is 1.50 bits per heavy atom. The smallest absolute Gasteiger partial charge is 0.150 e. The van der Waals surface area contributed by atoms with Crippen LogP contribution in [-0.2, 0) is 19.0 Å². The van der Waals surface area contributed by atoms with Gasteiger partial charge in [0.15, 0.2) is 5.78 Å². The van der Waals surface area contributed by atoms with E-state index < -0.39 is 28.7 Å². The molecule has 1 unspecified atom stereocenters. The zero-order valence-electron chi connectivity index (χ0n) is 10.9. The molecule has 0 bridgehead atoms. The lowest BCUT2D eigenvalue weighted by Crippen LogP contribution is -2.53. The van der Waals surface area contributed by atoms with Crippen molar-refractivity contribution in [3.8, 4) is 0 Å². The lowest BCUT2D eigenvalue weighted by molar-refractivity contribution is -0.148. The molecule has 0 aromatic carbocycles. The van der Waals surface area contributed by atoms with Gasteiger partial charge in [0.1, 0.15) is 22.6 Å². The van der Waals surface area contributed by atoms with Crippen molar-refractivity contribution in [2.24, 2.45) is 0 Å². The van der Waals surface area contributed by atoms with E-state index in [2.05, 4.69) is 12.6 Å². The number of carbonyl (C=O) groups excluding carboxylic acids is 1. The number of hydrogen-bond donors (Lipinski definition) is 2. The fourth-order valence-corrected chi connectivity index (χ4v) is 2.90. The van der Waals surface area contributed by atoms with Gasteiger partial charge in [-0.25, -0.2) is 0 Å². The SMILES string of the molecule is CCOC(C)[C@@]1(O)CO[C@H]2[C@@H]1OC[C@@]2(S)C(C)=O. The molecule has 2 aliphatic heterocycles. The molecule has 1 N–H and O–H groups in total. The summed E-state index contributed by atoms with van der Waals surface area (Å²) < 4.78 is 15.6. The van der Waals surface area contributed by atoms with E-state index in [1.807, 2.05) is 6.92 Å². The number of aliphatic hydroxyl groups is 1. The molecule has 0 radical (unpaired) electrons. The highest BCUT2D eigenvalue weighted by Crippen LogP contribution is 2.44. The number of ketones is 1. The number of rotatable bonds is 4. The first-order chi connectivity index (χ1) is 8.36. The van der Waals surface area contributed by atoms with Gasteiger partial charge in [-0.05, 0) is 20.8 Å². The molecular weight excluding hydrogens is 256 g/mol. The van der Waals surface area contributed by atoms with Gasteiger partial charge in [0.25, 0.3) is 0 Å². The highest BCUT2D eigenvalue weighted by molar-refractivity contribution is 7.82. The minimum absolute atomic E-state index is 0.0963. The standard InChI is InChI=1S/C12H20O5S/c1-4-15-8(3)11(14)5-16-10-9(11)17-6-12(10,18)7(2)13/h8-10,14,18H,4-6H2,1-3H3/t8?,9-,10-,11-,12+/m0/s1. The van der Waals surface area contributed by atoms with Crippen LogP contribution in [0.3, 0.4) is 0 Å². The minimum atomic E-state index is -1.22. The Bertz CT molecular complexity index is 349. The fourth-order valence-electron chi connectivity index (χ4n) is 2.62. The van der Waals surface area contributed by atoms with Gasteiger partial charge in [-0.2, -0.15) is 12.6 Å². The maximum absolute atomic E-state index is 11.7. The van der Waals surface area contributed by atoms with Gasteiger partial charge in [-0.1, -0.05) is 0 Å². The number of carbonyl (C=O) groups is 1. The van der Waals surface area contributed by atoms with E-state index in [-0.39, 0.29) is 19.0 Å². The van der Waals surface area contributed by atoms with Crippen LogP contribution in [-0.4, -0.2) is 59.4 Å². The molecule has 6 heteroatoms. The van der Waals surface area contributed by atoms with Gasteiger partial charge >= 0.3 is 0 Å². The molecule has 104 valence electrons. The molecule has 2 rings (SSSR count). The number of Topliss-reactive ketones (excluding diaryl/α,β-unsaturated/α-hetero) is 1. The zero-order chi connectivity index (χ0) is 13.6. The second-order valence-corrected chi connectivity index (χ2v) is 5.83. The Hall–Kier alpha value is -0.140. The number of thiol groups is 1. The van der Waals surface area contributed by atoms with Crippen molar-refractivity contribution >= 4 is 18.4 Å². The van der Waals surface area contributed by atoms with Gasteiger partial charge in [-0.3, -0.25) is 4.79 Å². The summed E-state index contributed by atoms with van der Waals surface area (Å²) in [4.78, 5) is 11.7. The summed E-state index contributed by atoms with van der Waals surface area (Å²) in [6, 6.07) is 0. The topological polar surface area (TPSA) is 65.0 Å². The van der Waals surface area contributed by atoms with E-state index in [0.29, 0.717) is 6.61 Å². The molecule has 0 aromatic heterocycles. The molecule has 5 atom stereocenters. The normalized spacial score (nSPS) is 44.9. The first-order valence-corrected chi connectivity index (χ1v) is 6.61. The summed E-state index contributed by atoms with van der Waals surface area (Å²) in [6.07, 6.45) is -1.51. The number of ether oxygens (including phenoxy) is 3. The van der Waals surface area contributed by atoms with Crippen LogP contribution in [0.4, 0.5) is 0 Å². The molecule has 0 saturated carbocycles. The average molecular weight is 276 g/mol. The predicted octanol–water partition coefficient (Wildman–Crippen LogP) is 0.198. The van der Waals surface area contributed by atoms with Crippen molar-refractivity contribution in [3.05, 3.63) is 0 Å². The maximum atomic E-state index is 11.7. The molecule has 0 amide bonds. The van der Waals surface area contributed by atoms with Crippen LogP contribution in [0.2, 0.25) is 0 Å². The summed E-state index contributed by atoms with van der Waals surface area (Å²) in [5.41, 5.74) is -1.22. The van der Waals surface area contributed by atoms with Gasteiger partial charge in [0.05, 0.1) is 19.3 Å². The van der Waals surface area contributed by atoms with E-state index in [1.54, 1.807) is 6.92 Å². The Morgan fingerprint density at radius 2 is 2.11 bits per heavy atom. The quantitative estimate of drug-likeness (QED) is 0.718. The summed E-state index contributed by atoms with van der Waals surface area (Å²) in [5.74, 6) is -0.105. The van der Waals surface area contributed by atoms with Crippen LogP contribution in [0.1, 0.15) is 20.8 Å². The first kappa shape index (κ1) is 14.3. The molecule has 2 saturated heterocycles. The largest absolute Gasteiger partial charge is 0.382 e. The Labute approximate surface area is 112 Å². The molecule has 5 nitrogen and oxygen atoms in total. The van der Waals surface area contributed by atoms with E-state index in [4.69, 9.17) is 14.2 Å². The van der Waals surface area contributed by atoms with Crippen molar-refractivity contribution in [1.29, 1.82) is 0 Å².